The van der Waals surface area contributed by atoms with E-state index >= 15 is 0 Å². The maximum absolute atomic E-state index is 4.63. The van der Waals surface area contributed by atoms with Crippen LogP contribution in [0.3, 0.4) is 0 Å². The maximum Gasteiger partial charge on any atom is 0.200 e. The monoisotopic (exact) mass is 313 g/mol. The number of nitrogens with one attached hydrogen (secondary N) is 1. The third-order valence-electron chi connectivity index (χ3n) is 4.08. The van der Waals surface area contributed by atoms with Crippen LogP contribution in [-0.4, -0.2) is 19.8 Å². The van der Waals surface area contributed by atoms with Crippen molar-refractivity contribution in [2.75, 3.05) is 5.32 Å². The van der Waals surface area contributed by atoms with Gasteiger partial charge in [-0.3, -0.25) is 0 Å². The van der Waals surface area contributed by atoms with E-state index in [2.05, 4.69) is 51.1 Å². The number of thiophene rings is 1. The number of rotatable bonds is 6. The first kappa shape index (κ1) is 13.7. The van der Waals surface area contributed by atoms with Gasteiger partial charge in [0.15, 0.2) is 0 Å². The predicted octanol–water partition coefficient (Wildman–Crippen LogP) is 4.02. The standard InChI is InChI=1S/C16H19N5S/c1-2-4-12(15-5-3-8-22-15)18-14-9-13(11-6-7-11)20-21-10-17-19-16(14)21/h3,5,8-12,18H,2,4,6-7H2,1H3. The first-order valence-electron chi connectivity index (χ1n) is 7.86. The number of hydrogen-bond acceptors (Lipinski definition) is 5. The van der Waals surface area contributed by atoms with E-state index in [0.717, 1.165) is 29.9 Å². The van der Waals surface area contributed by atoms with Crippen LogP contribution < -0.4 is 5.32 Å². The summed E-state index contributed by atoms with van der Waals surface area (Å²) >= 11 is 1.80. The summed E-state index contributed by atoms with van der Waals surface area (Å²) < 4.78 is 1.80. The Kier molecular flexibility index (Phi) is 3.54. The second-order valence-corrected chi connectivity index (χ2v) is 6.84. The van der Waals surface area contributed by atoms with Gasteiger partial charge in [0.2, 0.25) is 5.65 Å². The van der Waals surface area contributed by atoms with Crippen LogP contribution >= 0.6 is 11.3 Å². The molecule has 0 aromatic carbocycles. The van der Waals surface area contributed by atoms with Crippen LogP contribution in [0.1, 0.15) is 55.1 Å². The van der Waals surface area contributed by atoms with Crippen molar-refractivity contribution in [3.05, 3.63) is 40.5 Å². The number of fused-ring (bicyclic) bond motifs is 1. The molecule has 1 atom stereocenters. The number of anilines is 1. The number of aromatic nitrogens is 4. The van der Waals surface area contributed by atoms with Gasteiger partial charge >= 0.3 is 0 Å². The zero-order valence-electron chi connectivity index (χ0n) is 12.6. The molecule has 0 amide bonds. The quantitative estimate of drug-likeness (QED) is 0.747. The molecule has 0 radical (unpaired) electrons. The van der Waals surface area contributed by atoms with Crippen LogP contribution in [0, 0.1) is 0 Å². The molecular weight excluding hydrogens is 294 g/mol. The highest BCUT2D eigenvalue weighted by Crippen LogP contribution is 2.40. The Morgan fingerprint density at radius 3 is 3.09 bits per heavy atom. The van der Waals surface area contributed by atoms with Gasteiger partial charge in [-0.2, -0.15) is 9.61 Å². The minimum Gasteiger partial charge on any atom is -0.374 e. The van der Waals surface area contributed by atoms with Crippen LogP contribution in [0.25, 0.3) is 5.65 Å². The normalized spacial score (nSPS) is 16.0. The van der Waals surface area contributed by atoms with Gasteiger partial charge in [-0.15, -0.1) is 21.5 Å². The van der Waals surface area contributed by atoms with E-state index in [4.69, 9.17) is 0 Å². The molecule has 0 spiro atoms. The van der Waals surface area contributed by atoms with Crippen LogP contribution in [0.4, 0.5) is 5.69 Å². The van der Waals surface area contributed by atoms with Crippen molar-refractivity contribution in [1.82, 2.24) is 19.8 Å². The molecule has 22 heavy (non-hydrogen) atoms. The average molecular weight is 313 g/mol. The van der Waals surface area contributed by atoms with Crippen molar-refractivity contribution < 1.29 is 0 Å². The van der Waals surface area contributed by atoms with Gasteiger partial charge in [0.25, 0.3) is 0 Å². The third-order valence-corrected chi connectivity index (χ3v) is 5.06. The van der Waals surface area contributed by atoms with Gasteiger partial charge in [-0.05, 0) is 36.8 Å². The van der Waals surface area contributed by atoms with Crippen molar-refractivity contribution >= 4 is 22.7 Å². The fourth-order valence-corrected chi connectivity index (χ4v) is 3.59. The second-order valence-electron chi connectivity index (χ2n) is 5.86. The Morgan fingerprint density at radius 1 is 1.45 bits per heavy atom. The zero-order chi connectivity index (χ0) is 14.9. The fourth-order valence-electron chi connectivity index (χ4n) is 2.78. The van der Waals surface area contributed by atoms with Crippen LogP contribution in [0.5, 0.6) is 0 Å². The SMILES string of the molecule is CCCC(Nc1cc(C2CC2)nn2cnnc12)c1cccs1. The molecule has 0 aliphatic heterocycles. The van der Waals surface area contributed by atoms with E-state index in [-0.39, 0.29) is 0 Å². The highest BCUT2D eigenvalue weighted by Gasteiger charge is 2.27. The summed E-state index contributed by atoms with van der Waals surface area (Å²) in [6.45, 7) is 2.22. The van der Waals surface area contributed by atoms with E-state index in [0.29, 0.717) is 12.0 Å². The topological polar surface area (TPSA) is 55.1 Å². The van der Waals surface area contributed by atoms with Gasteiger partial charge in [-0.1, -0.05) is 19.4 Å². The first-order chi connectivity index (χ1) is 10.8. The Labute approximate surface area is 133 Å². The number of nitrogens with zero attached hydrogens (tertiary/aromatic N) is 4. The molecule has 3 heterocycles. The Hall–Kier alpha value is -1.95. The summed E-state index contributed by atoms with van der Waals surface area (Å²) in [4.78, 5) is 1.37. The van der Waals surface area contributed by atoms with Crippen molar-refractivity contribution in [1.29, 1.82) is 0 Å². The molecule has 6 heteroatoms. The summed E-state index contributed by atoms with van der Waals surface area (Å²) in [5.41, 5.74) is 3.00. The molecule has 3 aromatic heterocycles. The van der Waals surface area contributed by atoms with Crippen LogP contribution in [0.2, 0.25) is 0 Å². The van der Waals surface area contributed by atoms with Gasteiger partial charge in [0, 0.05) is 10.8 Å². The Morgan fingerprint density at radius 2 is 2.36 bits per heavy atom. The Bertz CT molecular complexity index is 760. The molecule has 0 bridgehead atoms. The van der Waals surface area contributed by atoms with Crippen molar-refractivity contribution in [2.24, 2.45) is 0 Å². The lowest BCUT2D eigenvalue weighted by molar-refractivity contribution is 0.686. The van der Waals surface area contributed by atoms with Gasteiger partial charge in [-0.25, -0.2) is 0 Å². The highest BCUT2D eigenvalue weighted by atomic mass is 32.1. The molecule has 4 rings (SSSR count). The summed E-state index contributed by atoms with van der Waals surface area (Å²) in [7, 11) is 0. The van der Waals surface area contributed by atoms with Crippen molar-refractivity contribution in [3.63, 3.8) is 0 Å². The molecule has 3 aromatic rings. The molecule has 1 unspecified atom stereocenters. The molecule has 1 aliphatic carbocycles. The molecule has 0 saturated heterocycles. The molecule has 1 N–H and O–H groups in total. The van der Waals surface area contributed by atoms with E-state index in [1.807, 2.05) is 0 Å². The lowest BCUT2D eigenvalue weighted by atomic mass is 10.1. The van der Waals surface area contributed by atoms with Gasteiger partial charge < -0.3 is 5.32 Å². The van der Waals surface area contributed by atoms with Crippen LogP contribution in [-0.2, 0) is 0 Å². The summed E-state index contributed by atoms with van der Waals surface area (Å²) in [6.07, 6.45) is 6.40. The predicted molar refractivity (Wildman–Crippen MR) is 88.3 cm³/mol. The molecule has 1 fully saturated rings. The number of hydrogen-bond donors (Lipinski definition) is 1. The third kappa shape index (κ3) is 2.59. The largest absolute Gasteiger partial charge is 0.374 e. The summed E-state index contributed by atoms with van der Waals surface area (Å²) in [6, 6.07) is 6.79. The molecular formula is C16H19N5S. The molecule has 1 saturated carbocycles. The molecule has 1 aliphatic rings. The second kappa shape index (κ2) is 5.68. The highest BCUT2D eigenvalue weighted by molar-refractivity contribution is 7.10. The lowest BCUT2D eigenvalue weighted by Crippen LogP contribution is -2.11. The van der Waals surface area contributed by atoms with E-state index in [1.54, 1.807) is 22.2 Å². The minimum absolute atomic E-state index is 0.319. The molecule has 114 valence electrons. The smallest absolute Gasteiger partial charge is 0.200 e. The van der Waals surface area contributed by atoms with Crippen molar-refractivity contribution in [3.8, 4) is 0 Å². The van der Waals surface area contributed by atoms with E-state index in [1.165, 1.54) is 17.7 Å². The average Bonchev–Trinajstić information content (AvgIpc) is 3.03. The lowest BCUT2D eigenvalue weighted by Gasteiger charge is -2.18. The Balaban J connectivity index is 1.71. The molecule has 5 nitrogen and oxygen atoms in total. The summed E-state index contributed by atoms with van der Waals surface area (Å²) in [5, 5.41) is 18.7. The fraction of sp³-hybridized carbons (Fsp3) is 0.438. The van der Waals surface area contributed by atoms with Crippen molar-refractivity contribution in [2.45, 2.75) is 44.6 Å². The minimum atomic E-state index is 0.319. The summed E-state index contributed by atoms with van der Waals surface area (Å²) in [5.74, 6) is 0.610. The van der Waals surface area contributed by atoms with Crippen LogP contribution in [0.15, 0.2) is 29.9 Å². The maximum atomic E-state index is 4.63. The van der Waals surface area contributed by atoms with Gasteiger partial charge in [0.05, 0.1) is 17.4 Å². The van der Waals surface area contributed by atoms with E-state index in [9.17, 15) is 0 Å². The van der Waals surface area contributed by atoms with Gasteiger partial charge in [0.1, 0.15) is 6.33 Å². The first-order valence-corrected chi connectivity index (χ1v) is 8.74. The zero-order valence-corrected chi connectivity index (χ0v) is 13.4. The van der Waals surface area contributed by atoms with E-state index < -0.39 is 0 Å².